The number of benzene rings is 2. The molecule has 0 bridgehead atoms. The highest BCUT2D eigenvalue weighted by molar-refractivity contribution is 7.80. The molecule has 0 aliphatic rings. The van der Waals surface area contributed by atoms with E-state index in [-0.39, 0.29) is 11.0 Å². The van der Waals surface area contributed by atoms with Gasteiger partial charge in [-0.15, -0.1) is 0 Å². The van der Waals surface area contributed by atoms with Crippen LogP contribution in [0, 0.1) is 13.8 Å². The van der Waals surface area contributed by atoms with E-state index >= 15 is 0 Å². The third-order valence-electron chi connectivity index (χ3n) is 3.18. The average molecular weight is 345 g/mol. The van der Waals surface area contributed by atoms with Crippen molar-refractivity contribution in [3.05, 3.63) is 70.3 Å². The number of nitrogens with one attached hydrogen (secondary N) is 2. The predicted octanol–water partition coefficient (Wildman–Crippen LogP) is 4.48. The standard InChI is InChI=1S/C18H17ClN2OS/c1-12-3-4-13(2)16(11-12)20-18(23)21-17(22)10-7-14-5-8-15(19)9-6-14/h3-11H,1-2H3,(H2,20,21,22,23). The summed E-state index contributed by atoms with van der Waals surface area (Å²) >= 11 is 11.0. The first-order chi connectivity index (χ1) is 10.9. The smallest absolute Gasteiger partial charge is 0.250 e. The summed E-state index contributed by atoms with van der Waals surface area (Å²) in [7, 11) is 0. The molecule has 0 saturated heterocycles. The van der Waals surface area contributed by atoms with E-state index in [0.29, 0.717) is 5.02 Å². The van der Waals surface area contributed by atoms with Gasteiger partial charge in [0.25, 0.3) is 0 Å². The molecule has 0 aliphatic carbocycles. The van der Waals surface area contributed by atoms with Crippen LogP contribution in [0.25, 0.3) is 6.08 Å². The number of amides is 1. The van der Waals surface area contributed by atoms with Crippen LogP contribution in [0.1, 0.15) is 16.7 Å². The third kappa shape index (κ3) is 5.51. The van der Waals surface area contributed by atoms with Crippen LogP contribution in [0.3, 0.4) is 0 Å². The van der Waals surface area contributed by atoms with Gasteiger partial charge in [-0.25, -0.2) is 0 Å². The van der Waals surface area contributed by atoms with Gasteiger partial charge in [-0.1, -0.05) is 35.9 Å². The quantitative estimate of drug-likeness (QED) is 0.637. The number of anilines is 1. The Labute approximate surface area is 146 Å². The van der Waals surface area contributed by atoms with Crippen molar-refractivity contribution >= 4 is 46.6 Å². The van der Waals surface area contributed by atoms with Crippen LogP contribution in [0.2, 0.25) is 5.02 Å². The van der Waals surface area contributed by atoms with Crippen molar-refractivity contribution in [1.29, 1.82) is 0 Å². The topological polar surface area (TPSA) is 41.1 Å². The second kappa shape index (κ2) is 7.90. The highest BCUT2D eigenvalue weighted by Crippen LogP contribution is 2.16. The monoisotopic (exact) mass is 344 g/mol. The number of thiocarbonyl (C=S) groups is 1. The minimum absolute atomic E-state index is 0.268. The zero-order valence-electron chi connectivity index (χ0n) is 12.9. The van der Waals surface area contributed by atoms with E-state index in [1.165, 1.54) is 6.08 Å². The van der Waals surface area contributed by atoms with Crippen LogP contribution in [0.15, 0.2) is 48.5 Å². The van der Waals surface area contributed by atoms with E-state index < -0.39 is 0 Å². The maximum absolute atomic E-state index is 11.9. The Morgan fingerprint density at radius 2 is 1.83 bits per heavy atom. The molecule has 2 aromatic rings. The first-order valence-corrected chi connectivity index (χ1v) is 7.85. The van der Waals surface area contributed by atoms with Crippen LogP contribution in [0.4, 0.5) is 5.69 Å². The SMILES string of the molecule is Cc1ccc(C)c(NC(=S)NC(=O)C=Cc2ccc(Cl)cc2)c1. The molecule has 0 spiro atoms. The maximum Gasteiger partial charge on any atom is 0.250 e. The molecule has 0 atom stereocenters. The zero-order chi connectivity index (χ0) is 16.8. The lowest BCUT2D eigenvalue weighted by Crippen LogP contribution is -2.33. The molecule has 2 rings (SSSR count). The van der Waals surface area contributed by atoms with Gasteiger partial charge in [0.15, 0.2) is 5.11 Å². The lowest BCUT2D eigenvalue weighted by Gasteiger charge is -2.11. The number of halogens is 1. The van der Waals surface area contributed by atoms with Gasteiger partial charge in [-0.3, -0.25) is 10.1 Å². The summed E-state index contributed by atoms with van der Waals surface area (Å²) in [5, 5.41) is 6.59. The van der Waals surface area contributed by atoms with E-state index in [9.17, 15) is 4.79 Å². The van der Waals surface area contributed by atoms with Crippen LogP contribution in [-0.2, 0) is 4.79 Å². The van der Waals surface area contributed by atoms with Gasteiger partial charge in [0, 0.05) is 16.8 Å². The Hall–Kier alpha value is -2.17. The minimum atomic E-state index is -0.289. The fraction of sp³-hybridized carbons (Fsp3) is 0.111. The van der Waals surface area contributed by atoms with Crippen LogP contribution in [-0.4, -0.2) is 11.0 Å². The molecule has 0 radical (unpaired) electrons. The fourth-order valence-electron chi connectivity index (χ4n) is 1.92. The summed E-state index contributed by atoms with van der Waals surface area (Å²) in [6, 6.07) is 13.2. The highest BCUT2D eigenvalue weighted by atomic mass is 35.5. The molecule has 2 aromatic carbocycles. The van der Waals surface area contributed by atoms with Gasteiger partial charge in [-0.2, -0.15) is 0 Å². The first-order valence-electron chi connectivity index (χ1n) is 7.07. The largest absolute Gasteiger partial charge is 0.332 e. The second-order valence-electron chi connectivity index (χ2n) is 5.15. The van der Waals surface area contributed by atoms with E-state index in [4.69, 9.17) is 23.8 Å². The molecular weight excluding hydrogens is 328 g/mol. The molecule has 0 fully saturated rings. The molecule has 23 heavy (non-hydrogen) atoms. The Bertz CT molecular complexity index is 754. The van der Waals surface area contributed by atoms with Crippen LogP contribution < -0.4 is 10.6 Å². The van der Waals surface area contributed by atoms with Crippen molar-refractivity contribution in [2.75, 3.05) is 5.32 Å². The average Bonchev–Trinajstić information content (AvgIpc) is 2.50. The van der Waals surface area contributed by atoms with Gasteiger partial charge in [0.2, 0.25) is 5.91 Å². The molecule has 118 valence electrons. The van der Waals surface area contributed by atoms with Gasteiger partial charge >= 0.3 is 0 Å². The van der Waals surface area contributed by atoms with E-state index in [2.05, 4.69) is 10.6 Å². The van der Waals surface area contributed by atoms with Crippen molar-refractivity contribution in [3.63, 3.8) is 0 Å². The van der Waals surface area contributed by atoms with E-state index in [1.807, 2.05) is 44.2 Å². The highest BCUT2D eigenvalue weighted by Gasteiger charge is 2.04. The summed E-state index contributed by atoms with van der Waals surface area (Å²) in [5.74, 6) is -0.289. The summed E-state index contributed by atoms with van der Waals surface area (Å²) in [5.41, 5.74) is 3.95. The van der Waals surface area contributed by atoms with E-state index in [0.717, 1.165) is 22.4 Å². The molecule has 0 unspecified atom stereocenters. The summed E-state index contributed by atoms with van der Waals surface area (Å²) in [6.07, 6.45) is 3.13. The number of carbonyl (C=O) groups is 1. The summed E-state index contributed by atoms with van der Waals surface area (Å²) in [6.45, 7) is 3.98. The van der Waals surface area contributed by atoms with E-state index in [1.54, 1.807) is 18.2 Å². The zero-order valence-corrected chi connectivity index (χ0v) is 14.5. The van der Waals surface area contributed by atoms with Crippen LogP contribution >= 0.6 is 23.8 Å². The summed E-state index contributed by atoms with van der Waals surface area (Å²) < 4.78 is 0. The Kier molecular flexibility index (Phi) is 5.90. The lowest BCUT2D eigenvalue weighted by atomic mass is 10.1. The molecule has 5 heteroatoms. The van der Waals surface area contributed by atoms with Gasteiger partial charge in [-0.05, 0) is 67.0 Å². The number of hydrogen-bond donors (Lipinski definition) is 2. The predicted molar refractivity (Wildman–Crippen MR) is 101 cm³/mol. The molecule has 0 aliphatic heterocycles. The van der Waals surface area contributed by atoms with Gasteiger partial charge in [0.1, 0.15) is 0 Å². The molecule has 0 saturated carbocycles. The molecule has 2 N–H and O–H groups in total. The maximum atomic E-state index is 11.9. The van der Waals surface area contributed by atoms with Crippen molar-refractivity contribution < 1.29 is 4.79 Å². The first kappa shape index (κ1) is 17.2. The van der Waals surface area contributed by atoms with Crippen molar-refractivity contribution in [2.24, 2.45) is 0 Å². The normalized spacial score (nSPS) is 10.6. The number of carbonyl (C=O) groups excluding carboxylic acids is 1. The molecule has 3 nitrogen and oxygen atoms in total. The van der Waals surface area contributed by atoms with Crippen molar-refractivity contribution in [2.45, 2.75) is 13.8 Å². The number of rotatable bonds is 3. The Balaban J connectivity index is 1.93. The molecule has 0 heterocycles. The minimum Gasteiger partial charge on any atom is -0.332 e. The summed E-state index contributed by atoms with van der Waals surface area (Å²) in [4.78, 5) is 11.9. The van der Waals surface area contributed by atoms with Gasteiger partial charge < -0.3 is 5.32 Å². The van der Waals surface area contributed by atoms with Crippen molar-refractivity contribution in [1.82, 2.24) is 5.32 Å². The Morgan fingerprint density at radius 1 is 1.13 bits per heavy atom. The second-order valence-corrected chi connectivity index (χ2v) is 5.99. The number of hydrogen-bond acceptors (Lipinski definition) is 2. The Morgan fingerprint density at radius 3 is 2.52 bits per heavy atom. The number of aryl methyl sites for hydroxylation is 2. The third-order valence-corrected chi connectivity index (χ3v) is 3.63. The molecule has 1 amide bonds. The fourth-order valence-corrected chi connectivity index (χ4v) is 2.26. The lowest BCUT2D eigenvalue weighted by molar-refractivity contribution is -0.115. The van der Waals surface area contributed by atoms with Gasteiger partial charge in [0.05, 0.1) is 0 Å². The molecule has 0 aromatic heterocycles. The van der Waals surface area contributed by atoms with Crippen molar-refractivity contribution in [3.8, 4) is 0 Å². The van der Waals surface area contributed by atoms with Crippen LogP contribution in [0.5, 0.6) is 0 Å². The molecular formula is C18H17ClN2OS.